The molecule has 3 aromatic carbocycles. The van der Waals surface area contributed by atoms with Gasteiger partial charge >= 0.3 is 0 Å². The number of rotatable bonds is 7. The second-order valence-electron chi connectivity index (χ2n) is 7.18. The summed E-state index contributed by atoms with van der Waals surface area (Å²) in [6.07, 6.45) is 3.36. The van der Waals surface area contributed by atoms with Crippen LogP contribution in [0.5, 0.6) is 0 Å². The Balaban J connectivity index is 1.46. The molecule has 170 valence electrons. The Labute approximate surface area is 209 Å². The molecule has 0 aliphatic rings. The molecule has 9 heteroatoms. The number of nitrogens with one attached hydrogen (secondary N) is 2. The highest BCUT2D eigenvalue weighted by Crippen LogP contribution is 2.24. The van der Waals surface area contributed by atoms with Crippen LogP contribution >= 0.6 is 27.5 Å². The molecule has 0 aliphatic carbocycles. The fraction of sp³-hybridized carbons (Fsp3) is 0.0400. The molecule has 4 aromatic rings. The Morgan fingerprint density at radius 3 is 2.44 bits per heavy atom. The van der Waals surface area contributed by atoms with Crippen molar-refractivity contribution in [1.29, 1.82) is 0 Å². The van der Waals surface area contributed by atoms with Crippen LogP contribution < -0.4 is 10.7 Å². The second kappa shape index (κ2) is 10.9. The predicted molar refractivity (Wildman–Crippen MR) is 136 cm³/mol. The van der Waals surface area contributed by atoms with Crippen molar-refractivity contribution in [2.75, 3.05) is 6.54 Å². The number of amides is 2. The van der Waals surface area contributed by atoms with E-state index in [1.165, 1.54) is 6.21 Å². The SMILES string of the molecule is O=C(CNC(=O)c1ccccc1Cl)N/N=C/c1cn(-c2ccccc2)nc1-c1ccc(Br)cc1. The zero-order valence-corrected chi connectivity index (χ0v) is 20.1. The van der Waals surface area contributed by atoms with Crippen LogP contribution in [-0.4, -0.2) is 34.4 Å². The van der Waals surface area contributed by atoms with E-state index in [2.05, 4.69) is 31.8 Å². The summed E-state index contributed by atoms with van der Waals surface area (Å²) in [6.45, 7) is -0.246. The van der Waals surface area contributed by atoms with Crippen LogP contribution in [0.4, 0.5) is 0 Å². The number of carbonyl (C=O) groups excluding carboxylic acids is 2. The zero-order chi connectivity index (χ0) is 23.9. The van der Waals surface area contributed by atoms with Crippen molar-refractivity contribution < 1.29 is 9.59 Å². The van der Waals surface area contributed by atoms with Crippen LogP contribution in [-0.2, 0) is 4.79 Å². The maximum absolute atomic E-state index is 12.2. The Morgan fingerprint density at radius 1 is 1.00 bits per heavy atom. The highest BCUT2D eigenvalue weighted by atomic mass is 79.9. The fourth-order valence-electron chi connectivity index (χ4n) is 3.14. The molecule has 0 fully saturated rings. The third kappa shape index (κ3) is 5.78. The van der Waals surface area contributed by atoms with E-state index in [0.717, 1.165) is 15.7 Å². The van der Waals surface area contributed by atoms with Crippen LogP contribution in [0, 0.1) is 0 Å². The lowest BCUT2D eigenvalue weighted by Gasteiger charge is -2.05. The molecular formula is C25H19BrClN5O2. The number of aromatic nitrogens is 2. The van der Waals surface area contributed by atoms with E-state index in [0.29, 0.717) is 21.8 Å². The predicted octanol–water partition coefficient (Wildman–Crippen LogP) is 4.84. The molecule has 1 aromatic heterocycles. The van der Waals surface area contributed by atoms with Crippen molar-refractivity contribution >= 4 is 45.6 Å². The van der Waals surface area contributed by atoms with Crippen LogP contribution in [0.25, 0.3) is 16.9 Å². The molecule has 0 atom stereocenters. The fourth-order valence-corrected chi connectivity index (χ4v) is 3.63. The lowest BCUT2D eigenvalue weighted by molar-refractivity contribution is -0.120. The molecule has 0 radical (unpaired) electrons. The monoisotopic (exact) mass is 535 g/mol. The highest BCUT2D eigenvalue weighted by molar-refractivity contribution is 9.10. The third-order valence-electron chi connectivity index (χ3n) is 4.80. The number of para-hydroxylation sites is 1. The van der Waals surface area contributed by atoms with Crippen molar-refractivity contribution in [3.63, 3.8) is 0 Å². The molecule has 0 unspecified atom stereocenters. The van der Waals surface area contributed by atoms with Crippen molar-refractivity contribution in [2.45, 2.75) is 0 Å². The smallest absolute Gasteiger partial charge is 0.259 e. The Hall–Kier alpha value is -3.75. The zero-order valence-electron chi connectivity index (χ0n) is 17.8. The van der Waals surface area contributed by atoms with E-state index in [-0.39, 0.29) is 6.54 Å². The van der Waals surface area contributed by atoms with Crippen molar-refractivity contribution in [3.05, 3.63) is 106 Å². The van der Waals surface area contributed by atoms with Crippen molar-refractivity contribution in [2.24, 2.45) is 5.10 Å². The van der Waals surface area contributed by atoms with Crippen LogP contribution in [0.1, 0.15) is 15.9 Å². The first kappa shape index (κ1) is 23.4. The highest BCUT2D eigenvalue weighted by Gasteiger charge is 2.12. The molecule has 4 rings (SSSR count). The summed E-state index contributed by atoms with van der Waals surface area (Å²) in [5.41, 5.74) is 5.95. The summed E-state index contributed by atoms with van der Waals surface area (Å²) >= 11 is 9.45. The minimum Gasteiger partial charge on any atom is -0.343 e. The Kier molecular flexibility index (Phi) is 7.51. The van der Waals surface area contributed by atoms with Gasteiger partial charge in [-0.2, -0.15) is 10.2 Å². The number of nitrogens with zero attached hydrogens (tertiary/aromatic N) is 3. The summed E-state index contributed by atoms with van der Waals surface area (Å²) in [5.74, 6) is -0.913. The number of hydrogen-bond donors (Lipinski definition) is 2. The van der Waals surface area contributed by atoms with Gasteiger partial charge in [0.2, 0.25) is 0 Å². The molecule has 0 aliphatic heterocycles. The van der Waals surface area contributed by atoms with Gasteiger partial charge in [-0.3, -0.25) is 9.59 Å². The largest absolute Gasteiger partial charge is 0.343 e. The number of hydrazone groups is 1. The lowest BCUT2D eigenvalue weighted by atomic mass is 10.1. The molecule has 7 nitrogen and oxygen atoms in total. The van der Waals surface area contributed by atoms with E-state index < -0.39 is 11.8 Å². The van der Waals surface area contributed by atoms with Gasteiger partial charge in [0.1, 0.15) is 5.69 Å². The molecule has 1 heterocycles. The first-order chi connectivity index (χ1) is 16.5. The normalized spacial score (nSPS) is 10.9. The van der Waals surface area contributed by atoms with Gasteiger partial charge in [0.05, 0.1) is 29.0 Å². The van der Waals surface area contributed by atoms with Crippen LogP contribution in [0.2, 0.25) is 5.02 Å². The summed E-state index contributed by atoms with van der Waals surface area (Å²) in [6, 6.07) is 24.1. The molecule has 0 spiro atoms. The average molecular weight is 537 g/mol. The van der Waals surface area contributed by atoms with Crippen LogP contribution in [0.3, 0.4) is 0 Å². The minimum absolute atomic E-state index is 0.246. The van der Waals surface area contributed by atoms with Crippen molar-refractivity contribution in [1.82, 2.24) is 20.5 Å². The van der Waals surface area contributed by atoms with Gasteiger partial charge in [-0.25, -0.2) is 10.1 Å². The maximum atomic E-state index is 12.2. The lowest BCUT2D eigenvalue weighted by Crippen LogP contribution is -2.35. The van der Waals surface area contributed by atoms with Gasteiger partial charge in [-0.05, 0) is 36.4 Å². The standard InChI is InChI=1S/C25H19BrClN5O2/c26-19-12-10-17(11-13-19)24-18(16-32(31-24)20-6-2-1-3-7-20)14-29-30-23(33)15-28-25(34)21-8-4-5-9-22(21)27/h1-14,16H,15H2,(H,28,34)(H,30,33)/b29-14+. The van der Waals surface area contributed by atoms with Gasteiger partial charge in [-0.15, -0.1) is 0 Å². The summed E-state index contributed by atoms with van der Waals surface area (Å²) in [7, 11) is 0. The Bertz CT molecular complexity index is 1340. The summed E-state index contributed by atoms with van der Waals surface area (Å²) < 4.78 is 2.71. The van der Waals surface area contributed by atoms with E-state index in [1.807, 2.05) is 60.8 Å². The quantitative estimate of drug-likeness (QED) is 0.262. The molecule has 0 saturated heterocycles. The van der Waals surface area contributed by atoms with Gasteiger partial charge < -0.3 is 5.32 Å². The molecular weight excluding hydrogens is 518 g/mol. The topological polar surface area (TPSA) is 88.4 Å². The van der Waals surface area contributed by atoms with E-state index in [1.54, 1.807) is 28.9 Å². The number of benzene rings is 3. The second-order valence-corrected chi connectivity index (χ2v) is 8.50. The number of halogens is 2. The summed E-state index contributed by atoms with van der Waals surface area (Å²) in [4.78, 5) is 24.4. The van der Waals surface area contributed by atoms with E-state index in [4.69, 9.17) is 16.7 Å². The summed E-state index contributed by atoms with van der Waals surface area (Å²) in [5, 5.41) is 11.6. The number of carbonyl (C=O) groups is 2. The maximum Gasteiger partial charge on any atom is 0.259 e. The van der Waals surface area contributed by atoms with Crippen molar-refractivity contribution in [3.8, 4) is 16.9 Å². The molecule has 0 saturated carbocycles. The molecule has 2 N–H and O–H groups in total. The van der Waals surface area contributed by atoms with Gasteiger partial charge in [0.15, 0.2) is 0 Å². The molecule has 0 bridgehead atoms. The third-order valence-corrected chi connectivity index (χ3v) is 5.66. The minimum atomic E-state index is -0.475. The van der Waals surface area contributed by atoms with Crippen LogP contribution in [0.15, 0.2) is 94.6 Å². The molecule has 2 amide bonds. The van der Waals surface area contributed by atoms with E-state index in [9.17, 15) is 9.59 Å². The average Bonchev–Trinajstić information content (AvgIpc) is 3.28. The Morgan fingerprint density at radius 2 is 1.71 bits per heavy atom. The first-order valence-electron chi connectivity index (χ1n) is 10.3. The van der Waals surface area contributed by atoms with Gasteiger partial charge in [0.25, 0.3) is 11.8 Å². The number of hydrogen-bond acceptors (Lipinski definition) is 4. The van der Waals surface area contributed by atoms with Gasteiger partial charge in [-0.1, -0.05) is 70.0 Å². The molecule has 34 heavy (non-hydrogen) atoms. The van der Waals surface area contributed by atoms with Gasteiger partial charge in [0, 0.05) is 21.8 Å². The van der Waals surface area contributed by atoms with E-state index >= 15 is 0 Å². The first-order valence-corrected chi connectivity index (χ1v) is 11.4.